The number of aromatic nitrogens is 2. The molecule has 1 aliphatic rings. The van der Waals surface area contributed by atoms with Crippen molar-refractivity contribution >= 4 is 5.82 Å². The summed E-state index contributed by atoms with van der Waals surface area (Å²) < 4.78 is 19.5. The van der Waals surface area contributed by atoms with Crippen LogP contribution in [0, 0.1) is 18.7 Å². The highest BCUT2D eigenvalue weighted by Crippen LogP contribution is 2.26. The monoisotopic (exact) mass is 255 g/mol. The molecular weight excluding hydrogens is 241 g/mol. The van der Waals surface area contributed by atoms with Crippen LogP contribution in [0.15, 0.2) is 11.0 Å². The summed E-state index contributed by atoms with van der Waals surface area (Å²) in [5, 5.41) is 8.88. The van der Waals surface area contributed by atoms with Crippen LogP contribution in [0.4, 0.5) is 10.2 Å². The van der Waals surface area contributed by atoms with Crippen molar-refractivity contribution in [2.24, 2.45) is 0 Å². The van der Waals surface area contributed by atoms with Gasteiger partial charge in [0.25, 0.3) is 0 Å². The predicted octanol–water partition coefficient (Wildman–Crippen LogP) is -0.116. The van der Waals surface area contributed by atoms with E-state index in [-0.39, 0.29) is 12.7 Å². The Kier molecular flexibility index (Phi) is 4.83. The zero-order valence-electron chi connectivity index (χ0n) is 9.62. The van der Waals surface area contributed by atoms with Crippen molar-refractivity contribution in [1.29, 1.82) is 0 Å². The number of halogens is 1. The van der Waals surface area contributed by atoms with Gasteiger partial charge in [-0.25, -0.2) is 9.18 Å². The van der Waals surface area contributed by atoms with E-state index in [1.54, 1.807) is 0 Å². The molecule has 2 heterocycles. The highest BCUT2D eigenvalue weighted by Gasteiger charge is 2.27. The first-order valence-electron chi connectivity index (χ1n) is 5.25. The largest absolute Gasteiger partial charge is 0.394 e. The summed E-state index contributed by atoms with van der Waals surface area (Å²) in [6.45, 7) is -0.115. The van der Waals surface area contributed by atoms with Gasteiger partial charge in [0, 0.05) is 0 Å². The van der Waals surface area contributed by atoms with Gasteiger partial charge in [0.15, 0.2) is 11.6 Å². The minimum absolute atomic E-state index is 0.115. The summed E-state index contributed by atoms with van der Waals surface area (Å²) in [6.07, 6.45) is 9.26. The van der Waals surface area contributed by atoms with Crippen molar-refractivity contribution in [3.8, 4) is 12.8 Å². The smallest absolute Gasteiger partial charge is 0.351 e. The molecule has 2 rings (SSSR count). The molecule has 0 aliphatic carbocycles. The number of rotatable bonds is 2. The van der Waals surface area contributed by atoms with Crippen LogP contribution in [0.5, 0.6) is 0 Å². The summed E-state index contributed by atoms with van der Waals surface area (Å²) in [4.78, 5) is 14.8. The number of nitrogens with zero attached hydrogens (tertiary/aromatic N) is 2. The molecule has 2 atom stereocenters. The minimum Gasteiger partial charge on any atom is -0.394 e. The van der Waals surface area contributed by atoms with Gasteiger partial charge < -0.3 is 15.6 Å². The van der Waals surface area contributed by atoms with Gasteiger partial charge in [0.05, 0.1) is 18.9 Å². The number of nitrogens with two attached hydrogens (primary N) is 1. The predicted molar refractivity (Wildman–Crippen MR) is 63.0 cm³/mol. The van der Waals surface area contributed by atoms with E-state index in [0.29, 0.717) is 12.8 Å². The van der Waals surface area contributed by atoms with E-state index in [2.05, 4.69) is 17.8 Å². The van der Waals surface area contributed by atoms with Crippen molar-refractivity contribution in [1.82, 2.24) is 9.55 Å². The molecule has 18 heavy (non-hydrogen) atoms. The Labute approximate surface area is 103 Å². The maximum absolute atomic E-state index is 13.1. The third-order valence-corrected chi connectivity index (χ3v) is 2.53. The summed E-state index contributed by atoms with van der Waals surface area (Å²) in [7, 11) is 0. The minimum atomic E-state index is -0.754. The fourth-order valence-corrected chi connectivity index (χ4v) is 1.69. The average molecular weight is 255 g/mol. The second-order valence-electron chi connectivity index (χ2n) is 3.64. The molecular formula is C11H14FN3O3. The zero-order valence-corrected chi connectivity index (χ0v) is 9.62. The van der Waals surface area contributed by atoms with Crippen LogP contribution in [0.2, 0.25) is 0 Å². The van der Waals surface area contributed by atoms with Gasteiger partial charge in [-0.1, -0.05) is 0 Å². The number of hydrogen-bond donors (Lipinski definition) is 2. The number of nitrogen functional groups attached to an aromatic ring is 1. The summed E-state index contributed by atoms with van der Waals surface area (Å²) in [5.41, 5.74) is 4.51. The number of terminal acetylenes is 1. The van der Waals surface area contributed by atoms with Crippen LogP contribution in [0.25, 0.3) is 0 Å². The van der Waals surface area contributed by atoms with E-state index in [0.717, 1.165) is 10.8 Å². The lowest BCUT2D eigenvalue weighted by Crippen LogP contribution is -2.28. The van der Waals surface area contributed by atoms with E-state index in [1.807, 2.05) is 0 Å². The van der Waals surface area contributed by atoms with Crippen molar-refractivity contribution < 1.29 is 14.2 Å². The Morgan fingerprint density at radius 1 is 1.61 bits per heavy atom. The molecule has 0 radical (unpaired) electrons. The second-order valence-corrected chi connectivity index (χ2v) is 3.64. The summed E-state index contributed by atoms with van der Waals surface area (Å²) in [5.74, 6) is -1.17. The molecule has 1 aromatic heterocycles. The normalized spacial score (nSPS) is 22.2. The van der Waals surface area contributed by atoms with Crippen molar-refractivity contribution in [3.63, 3.8) is 0 Å². The van der Waals surface area contributed by atoms with E-state index >= 15 is 0 Å². The number of aliphatic hydroxyl groups is 1. The van der Waals surface area contributed by atoms with Gasteiger partial charge in [-0.2, -0.15) is 4.98 Å². The number of anilines is 1. The molecule has 7 heteroatoms. The van der Waals surface area contributed by atoms with Crippen molar-refractivity contribution in [2.45, 2.75) is 25.2 Å². The van der Waals surface area contributed by atoms with Crippen LogP contribution >= 0.6 is 0 Å². The lowest BCUT2D eigenvalue weighted by molar-refractivity contribution is -0.0249. The number of aliphatic hydroxyl groups excluding tert-OH is 1. The van der Waals surface area contributed by atoms with Gasteiger partial charge in [-0.15, -0.1) is 12.8 Å². The molecule has 1 fully saturated rings. The molecule has 1 aliphatic heterocycles. The number of hydrogen-bond acceptors (Lipinski definition) is 5. The average Bonchev–Trinajstić information content (AvgIpc) is 2.85. The first kappa shape index (κ1) is 14.2. The molecule has 1 aromatic rings. The highest BCUT2D eigenvalue weighted by atomic mass is 19.1. The maximum Gasteiger partial charge on any atom is 0.351 e. The van der Waals surface area contributed by atoms with Gasteiger partial charge in [-0.05, 0) is 12.8 Å². The first-order valence-corrected chi connectivity index (χ1v) is 5.25. The number of ether oxygens (including phenoxy) is 1. The van der Waals surface area contributed by atoms with Gasteiger partial charge in [0.1, 0.15) is 6.23 Å². The molecule has 0 bridgehead atoms. The fourth-order valence-electron chi connectivity index (χ4n) is 1.69. The van der Waals surface area contributed by atoms with Gasteiger partial charge in [-0.3, -0.25) is 4.57 Å². The first-order chi connectivity index (χ1) is 8.61. The molecule has 3 N–H and O–H groups in total. The topological polar surface area (TPSA) is 90.4 Å². The zero-order chi connectivity index (χ0) is 13.7. The lowest BCUT2D eigenvalue weighted by Gasteiger charge is -2.14. The maximum atomic E-state index is 13.1. The van der Waals surface area contributed by atoms with Gasteiger partial charge in [0.2, 0.25) is 0 Å². The Morgan fingerprint density at radius 3 is 2.83 bits per heavy atom. The molecule has 0 spiro atoms. The van der Waals surface area contributed by atoms with Crippen LogP contribution in [-0.4, -0.2) is 27.4 Å². The van der Waals surface area contributed by atoms with E-state index in [9.17, 15) is 9.18 Å². The Balaban J connectivity index is 0.000000771. The quantitative estimate of drug-likeness (QED) is 0.719. The molecule has 98 valence electrons. The lowest BCUT2D eigenvalue weighted by atomic mass is 10.2. The Hall–Kier alpha value is -1.91. The summed E-state index contributed by atoms with van der Waals surface area (Å²) in [6, 6.07) is 0. The van der Waals surface area contributed by atoms with Crippen molar-refractivity contribution in [2.75, 3.05) is 12.3 Å². The van der Waals surface area contributed by atoms with Gasteiger partial charge >= 0.3 is 5.69 Å². The van der Waals surface area contributed by atoms with Crippen LogP contribution in [-0.2, 0) is 4.74 Å². The van der Waals surface area contributed by atoms with E-state index < -0.39 is 23.6 Å². The Bertz CT molecular complexity index is 486. The molecule has 0 saturated carbocycles. The molecule has 0 amide bonds. The van der Waals surface area contributed by atoms with Crippen LogP contribution in [0.1, 0.15) is 19.1 Å². The fraction of sp³-hybridized carbons (Fsp3) is 0.455. The Morgan fingerprint density at radius 2 is 2.28 bits per heavy atom. The summed E-state index contributed by atoms with van der Waals surface area (Å²) >= 11 is 0. The van der Waals surface area contributed by atoms with Crippen LogP contribution < -0.4 is 11.4 Å². The van der Waals surface area contributed by atoms with Crippen LogP contribution in [0.3, 0.4) is 0 Å². The SMILES string of the molecule is C#C.Nc1nc(=O)n(C2CC[C@@H](CO)O2)cc1F. The van der Waals surface area contributed by atoms with E-state index in [4.69, 9.17) is 15.6 Å². The standard InChI is InChI=1S/C9H12FN3O3.C2H2/c10-6-3-13(9(15)12-8(6)11)7-2-1-5(4-14)16-7;1-2/h3,5,7,14H,1-2,4H2,(H2,11,12,15);1-2H/t5-,7?;/m0./s1. The third kappa shape index (κ3) is 2.85. The van der Waals surface area contributed by atoms with Crippen molar-refractivity contribution in [3.05, 3.63) is 22.5 Å². The molecule has 6 nitrogen and oxygen atoms in total. The highest BCUT2D eigenvalue weighted by molar-refractivity contribution is 5.26. The molecule has 1 saturated heterocycles. The van der Waals surface area contributed by atoms with E-state index in [1.165, 1.54) is 0 Å². The molecule has 1 unspecified atom stereocenters. The molecule has 0 aromatic carbocycles. The third-order valence-electron chi connectivity index (χ3n) is 2.53. The second kappa shape index (κ2) is 6.14.